The monoisotopic (exact) mass is 492 g/mol. The van der Waals surface area contributed by atoms with Gasteiger partial charge in [0.25, 0.3) is 5.91 Å². The third-order valence-electron chi connectivity index (χ3n) is 5.63. The summed E-state index contributed by atoms with van der Waals surface area (Å²) in [6.07, 6.45) is 0.384. The summed E-state index contributed by atoms with van der Waals surface area (Å²) in [7, 11) is 0. The van der Waals surface area contributed by atoms with Crippen LogP contribution in [-0.4, -0.2) is 35.4 Å². The minimum atomic E-state index is -0.714. The Kier molecular flexibility index (Phi) is 9.32. The highest BCUT2D eigenvalue weighted by Gasteiger charge is 2.31. The van der Waals surface area contributed by atoms with Crippen LogP contribution in [-0.2, 0) is 22.6 Å². The van der Waals surface area contributed by atoms with Crippen molar-refractivity contribution in [3.8, 4) is 5.75 Å². The molecule has 3 aromatic carbocycles. The lowest BCUT2D eigenvalue weighted by Crippen LogP contribution is -2.52. The van der Waals surface area contributed by atoms with E-state index >= 15 is 0 Å². The molecule has 3 rings (SSSR count). The zero-order valence-electron chi connectivity index (χ0n) is 20.8. The van der Waals surface area contributed by atoms with Crippen LogP contribution in [0.15, 0.2) is 72.8 Å². The standard InChI is InChI=1S/C29H33ClN2O3/c1-20(2)31-29(34)26(17-23-9-6-5-7-10-23)32(18-24-11-8-12-25(30)16-24)28(33)19-35-27-14-13-21(3)15-22(27)4/h5-16,20,26H,17-19H2,1-4H3,(H,31,34)/t26-/m0/s1. The Hall–Kier alpha value is -3.31. The van der Waals surface area contributed by atoms with Gasteiger partial charge >= 0.3 is 0 Å². The average molecular weight is 493 g/mol. The quantitative estimate of drug-likeness (QED) is 0.406. The molecule has 6 heteroatoms. The number of nitrogens with one attached hydrogen (secondary N) is 1. The van der Waals surface area contributed by atoms with Gasteiger partial charge < -0.3 is 15.0 Å². The van der Waals surface area contributed by atoms with Gasteiger partial charge in [0.05, 0.1) is 0 Å². The number of amides is 2. The van der Waals surface area contributed by atoms with E-state index in [0.717, 1.165) is 22.3 Å². The van der Waals surface area contributed by atoms with Crippen LogP contribution in [0.4, 0.5) is 0 Å². The first kappa shape index (κ1) is 26.3. The third kappa shape index (κ3) is 7.86. The summed E-state index contributed by atoms with van der Waals surface area (Å²) in [5.74, 6) is 0.174. The normalized spacial score (nSPS) is 11.7. The highest BCUT2D eigenvalue weighted by Crippen LogP contribution is 2.21. The summed E-state index contributed by atoms with van der Waals surface area (Å²) in [6.45, 7) is 7.83. The van der Waals surface area contributed by atoms with Crippen molar-refractivity contribution >= 4 is 23.4 Å². The van der Waals surface area contributed by atoms with Crippen molar-refractivity contribution in [1.82, 2.24) is 10.2 Å². The predicted octanol–water partition coefficient (Wildman–Crippen LogP) is 5.50. The van der Waals surface area contributed by atoms with Gasteiger partial charge in [0, 0.05) is 24.0 Å². The van der Waals surface area contributed by atoms with Gasteiger partial charge in [-0.3, -0.25) is 9.59 Å². The Morgan fingerprint density at radius 1 is 0.943 bits per heavy atom. The van der Waals surface area contributed by atoms with Gasteiger partial charge in [0.15, 0.2) is 6.61 Å². The zero-order valence-corrected chi connectivity index (χ0v) is 21.5. The van der Waals surface area contributed by atoms with Crippen LogP contribution in [0.5, 0.6) is 5.75 Å². The Labute approximate surface area is 213 Å². The number of aryl methyl sites for hydroxylation is 2. The number of carbonyl (C=O) groups is 2. The molecule has 0 aliphatic rings. The number of halogens is 1. The molecule has 0 bridgehead atoms. The lowest BCUT2D eigenvalue weighted by molar-refractivity contribution is -0.143. The van der Waals surface area contributed by atoms with Crippen LogP contribution in [0.3, 0.4) is 0 Å². The lowest BCUT2D eigenvalue weighted by Gasteiger charge is -2.32. The van der Waals surface area contributed by atoms with Crippen LogP contribution >= 0.6 is 11.6 Å². The molecule has 0 saturated carbocycles. The van der Waals surface area contributed by atoms with Gasteiger partial charge in [-0.25, -0.2) is 0 Å². The van der Waals surface area contributed by atoms with Gasteiger partial charge in [-0.15, -0.1) is 0 Å². The third-order valence-corrected chi connectivity index (χ3v) is 5.86. The summed E-state index contributed by atoms with van der Waals surface area (Å²) in [5, 5.41) is 3.56. The molecule has 0 heterocycles. The largest absolute Gasteiger partial charge is 0.483 e. The molecule has 0 aromatic heterocycles. The lowest BCUT2D eigenvalue weighted by atomic mass is 10.0. The van der Waals surface area contributed by atoms with E-state index in [1.165, 1.54) is 0 Å². The van der Waals surface area contributed by atoms with Crippen molar-refractivity contribution in [1.29, 1.82) is 0 Å². The molecule has 1 atom stereocenters. The van der Waals surface area contributed by atoms with Crippen molar-refractivity contribution in [2.45, 2.75) is 52.7 Å². The van der Waals surface area contributed by atoms with Crippen molar-refractivity contribution in [2.24, 2.45) is 0 Å². The van der Waals surface area contributed by atoms with Gasteiger partial charge in [-0.1, -0.05) is 71.8 Å². The van der Waals surface area contributed by atoms with Crippen LogP contribution in [0, 0.1) is 13.8 Å². The molecule has 184 valence electrons. The molecular weight excluding hydrogens is 460 g/mol. The van der Waals surface area contributed by atoms with E-state index in [9.17, 15) is 9.59 Å². The molecular formula is C29H33ClN2O3. The van der Waals surface area contributed by atoms with E-state index in [1.54, 1.807) is 11.0 Å². The number of hydrogen-bond donors (Lipinski definition) is 1. The van der Waals surface area contributed by atoms with Gasteiger partial charge in [0.1, 0.15) is 11.8 Å². The zero-order chi connectivity index (χ0) is 25.4. The first-order valence-corrected chi connectivity index (χ1v) is 12.2. The summed E-state index contributed by atoms with van der Waals surface area (Å²) in [4.78, 5) is 28.5. The molecule has 0 fully saturated rings. The maximum atomic E-state index is 13.6. The van der Waals surface area contributed by atoms with Crippen molar-refractivity contribution in [2.75, 3.05) is 6.61 Å². The Bertz CT molecular complexity index is 1150. The number of benzene rings is 3. The molecule has 0 spiro atoms. The molecule has 0 radical (unpaired) electrons. The van der Waals surface area contributed by atoms with Crippen LogP contribution in [0.25, 0.3) is 0 Å². The first-order chi connectivity index (χ1) is 16.7. The van der Waals surface area contributed by atoms with Gasteiger partial charge in [0.2, 0.25) is 5.91 Å². The molecule has 35 heavy (non-hydrogen) atoms. The topological polar surface area (TPSA) is 58.6 Å². The average Bonchev–Trinajstić information content (AvgIpc) is 2.81. The fourth-order valence-electron chi connectivity index (χ4n) is 3.95. The number of carbonyl (C=O) groups excluding carboxylic acids is 2. The van der Waals surface area contributed by atoms with Gasteiger partial charge in [-0.2, -0.15) is 0 Å². The molecule has 3 aromatic rings. The summed E-state index contributed by atoms with van der Waals surface area (Å²) in [6, 6.07) is 22.1. The van der Waals surface area contributed by atoms with Crippen LogP contribution in [0.2, 0.25) is 5.02 Å². The Morgan fingerprint density at radius 2 is 1.66 bits per heavy atom. The maximum Gasteiger partial charge on any atom is 0.261 e. The van der Waals surface area contributed by atoms with E-state index in [1.807, 2.05) is 94.4 Å². The Balaban J connectivity index is 1.92. The molecule has 2 amide bonds. The smallest absolute Gasteiger partial charge is 0.261 e. The van der Waals surface area contributed by atoms with Crippen LogP contribution < -0.4 is 10.1 Å². The highest BCUT2D eigenvalue weighted by molar-refractivity contribution is 6.30. The summed E-state index contributed by atoms with van der Waals surface area (Å²) < 4.78 is 5.91. The van der Waals surface area contributed by atoms with Crippen LogP contribution in [0.1, 0.15) is 36.1 Å². The number of hydrogen-bond acceptors (Lipinski definition) is 3. The van der Waals surface area contributed by atoms with Crippen molar-refractivity contribution < 1.29 is 14.3 Å². The minimum absolute atomic E-state index is 0.0599. The van der Waals surface area contributed by atoms with Crippen molar-refractivity contribution in [3.63, 3.8) is 0 Å². The van der Waals surface area contributed by atoms with E-state index < -0.39 is 6.04 Å². The summed E-state index contributed by atoms with van der Waals surface area (Å²) in [5.41, 5.74) is 3.89. The van der Waals surface area contributed by atoms with E-state index in [4.69, 9.17) is 16.3 Å². The second kappa shape index (κ2) is 12.4. The first-order valence-electron chi connectivity index (χ1n) is 11.8. The molecule has 0 unspecified atom stereocenters. The molecule has 1 N–H and O–H groups in total. The fraction of sp³-hybridized carbons (Fsp3) is 0.310. The molecule has 0 saturated heterocycles. The molecule has 0 aliphatic carbocycles. The van der Waals surface area contributed by atoms with E-state index in [0.29, 0.717) is 17.2 Å². The minimum Gasteiger partial charge on any atom is -0.483 e. The number of ether oxygens (including phenoxy) is 1. The second-order valence-corrected chi connectivity index (χ2v) is 9.51. The van der Waals surface area contributed by atoms with Crippen molar-refractivity contribution in [3.05, 3.63) is 100 Å². The SMILES string of the molecule is Cc1ccc(OCC(=O)N(Cc2cccc(Cl)c2)[C@@H](Cc2ccccc2)C(=O)NC(C)C)c(C)c1. The fourth-order valence-corrected chi connectivity index (χ4v) is 4.16. The number of nitrogens with zero attached hydrogens (tertiary/aromatic N) is 1. The summed E-state index contributed by atoms with van der Waals surface area (Å²) >= 11 is 6.21. The molecule has 5 nitrogen and oxygen atoms in total. The second-order valence-electron chi connectivity index (χ2n) is 9.08. The maximum absolute atomic E-state index is 13.6. The van der Waals surface area contributed by atoms with E-state index in [-0.39, 0.29) is 31.0 Å². The highest BCUT2D eigenvalue weighted by atomic mass is 35.5. The van der Waals surface area contributed by atoms with E-state index in [2.05, 4.69) is 5.32 Å². The molecule has 0 aliphatic heterocycles. The van der Waals surface area contributed by atoms with Gasteiger partial charge in [-0.05, 0) is 62.6 Å². The predicted molar refractivity (Wildman–Crippen MR) is 141 cm³/mol. The number of rotatable bonds is 10. The Morgan fingerprint density at radius 3 is 2.31 bits per heavy atom.